The van der Waals surface area contributed by atoms with Crippen molar-refractivity contribution in [1.29, 1.82) is 0 Å². The smallest absolute Gasteiger partial charge is 0.308 e. The van der Waals surface area contributed by atoms with E-state index < -0.39 is 0 Å². The molecule has 0 saturated carbocycles. The summed E-state index contributed by atoms with van der Waals surface area (Å²) < 4.78 is 9.87. The lowest BCUT2D eigenvalue weighted by Crippen LogP contribution is -2.43. The molecule has 1 heterocycles. The number of likely N-dealkylation sites (tertiary alicyclic amines) is 1. The minimum absolute atomic E-state index is 0.0611. The lowest BCUT2D eigenvalue weighted by molar-refractivity contribution is -0.147. The lowest BCUT2D eigenvalue weighted by Gasteiger charge is -2.34. The second-order valence-corrected chi connectivity index (χ2v) is 4.14. The molecule has 0 amide bonds. The van der Waals surface area contributed by atoms with E-state index in [2.05, 4.69) is 11.8 Å². The number of hydrogen-bond donors (Lipinski definition) is 0. The molecule has 1 saturated heterocycles. The van der Waals surface area contributed by atoms with Crippen LogP contribution in [0.4, 0.5) is 0 Å². The van der Waals surface area contributed by atoms with E-state index in [0.29, 0.717) is 6.04 Å². The summed E-state index contributed by atoms with van der Waals surface area (Å²) in [4.78, 5) is 13.7. The monoisotopic (exact) mass is 215 g/mol. The first-order valence-electron chi connectivity index (χ1n) is 5.49. The van der Waals surface area contributed by atoms with Gasteiger partial charge in [-0.25, -0.2) is 0 Å². The van der Waals surface area contributed by atoms with Crippen molar-refractivity contribution in [3.63, 3.8) is 0 Å². The number of ether oxygens (including phenoxy) is 2. The molecule has 15 heavy (non-hydrogen) atoms. The molecule has 1 aliphatic heterocycles. The number of methoxy groups -OCH3 is 2. The van der Waals surface area contributed by atoms with Crippen molar-refractivity contribution in [2.24, 2.45) is 5.92 Å². The van der Waals surface area contributed by atoms with Crippen LogP contribution in [0.5, 0.6) is 0 Å². The van der Waals surface area contributed by atoms with Crippen LogP contribution in [0.25, 0.3) is 0 Å². The van der Waals surface area contributed by atoms with Gasteiger partial charge in [0.25, 0.3) is 0 Å². The van der Waals surface area contributed by atoms with Crippen molar-refractivity contribution in [3.8, 4) is 0 Å². The Morgan fingerprint density at radius 1 is 1.40 bits per heavy atom. The number of esters is 1. The largest absolute Gasteiger partial charge is 0.469 e. The maximum atomic E-state index is 11.3. The Morgan fingerprint density at radius 3 is 2.47 bits per heavy atom. The Kier molecular flexibility index (Phi) is 5.05. The zero-order chi connectivity index (χ0) is 11.3. The molecule has 0 aromatic rings. The van der Waals surface area contributed by atoms with Crippen LogP contribution in [0.1, 0.15) is 19.8 Å². The second kappa shape index (κ2) is 6.08. The maximum Gasteiger partial charge on any atom is 0.308 e. The van der Waals surface area contributed by atoms with Crippen LogP contribution in [0.15, 0.2) is 0 Å². The van der Waals surface area contributed by atoms with E-state index in [1.807, 2.05) is 0 Å². The van der Waals surface area contributed by atoms with E-state index in [4.69, 9.17) is 9.47 Å². The Bertz CT molecular complexity index is 200. The quantitative estimate of drug-likeness (QED) is 0.653. The van der Waals surface area contributed by atoms with Gasteiger partial charge in [-0.2, -0.15) is 0 Å². The SMILES string of the molecule is COCC(C)N1CCC(C(=O)OC)CC1. The molecule has 1 rings (SSSR count). The number of hydrogen-bond acceptors (Lipinski definition) is 4. The summed E-state index contributed by atoms with van der Waals surface area (Å²) in [7, 11) is 3.18. The van der Waals surface area contributed by atoms with Gasteiger partial charge >= 0.3 is 5.97 Å². The molecule has 1 fully saturated rings. The summed E-state index contributed by atoms with van der Waals surface area (Å²) in [6.45, 7) is 4.83. The third-order valence-electron chi connectivity index (χ3n) is 3.10. The minimum Gasteiger partial charge on any atom is -0.469 e. The van der Waals surface area contributed by atoms with Crippen molar-refractivity contribution in [1.82, 2.24) is 4.90 Å². The van der Waals surface area contributed by atoms with Gasteiger partial charge in [0.2, 0.25) is 0 Å². The van der Waals surface area contributed by atoms with Gasteiger partial charge in [0, 0.05) is 13.2 Å². The Morgan fingerprint density at radius 2 is 2.00 bits per heavy atom. The van der Waals surface area contributed by atoms with E-state index in [0.717, 1.165) is 32.5 Å². The zero-order valence-corrected chi connectivity index (χ0v) is 9.86. The average molecular weight is 215 g/mol. The lowest BCUT2D eigenvalue weighted by atomic mass is 9.96. The molecule has 88 valence electrons. The molecular formula is C11H21NO3. The van der Waals surface area contributed by atoms with Gasteiger partial charge in [0.05, 0.1) is 19.6 Å². The maximum absolute atomic E-state index is 11.3. The van der Waals surface area contributed by atoms with Crippen LogP contribution in [-0.2, 0) is 14.3 Å². The molecule has 4 nitrogen and oxygen atoms in total. The fourth-order valence-corrected chi connectivity index (χ4v) is 2.09. The predicted molar refractivity (Wildman–Crippen MR) is 57.7 cm³/mol. The molecule has 1 aliphatic rings. The summed E-state index contributed by atoms with van der Waals surface area (Å²) in [5.41, 5.74) is 0. The Labute approximate surface area is 91.5 Å². The van der Waals surface area contributed by atoms with Gasteiger partial charge in [-0.3, -0.25) is 9.69 Å². The molecule has 4 heteroatoms. The summed E-state index contributed by atoms with van der Waals surface area (Å²) in [6, 6.07) is 0.439. The first kappa shape index (κ1) is 12.5. The standard InChI is InChI=1S/C11H21NO3/c1-9(8-14-2)12-6-4-10(5-7-12)11(13)15-3/h9-10H,4-8H2,1-3H3. The first-order chi connectivity index (χ1) is 7.19. The fraction of sp³-hybridized carbons (Fsp3) is 0.909. The van der Waals surface area contributed by atoms with Crippen LogP contribution < -0.4 is 0 Å². The van der Waals surface area contributed by atoms with Crippen molar-refractivity contribution in [2.45, 2.75) is 25.8 Å². The van der Waals surface area contributed by atoms with Crippen LogP contribution >= 0.6 is 0 Å². The number of nitrogens with zero attached hydrogens (tertiary/aromatic N) is 1. The highest BCUT2D eigenvalue weighted by molar-refractivity contribution is 5.72. The van der Waals surface area contributed by atoms with Gasteiger partial charge in [-0.05, 0) is 32.9 Å². The fourth-order valence-electron chi connectivity index (χ4n) is 2.09. The highest BCUT2D eigenvalue weighted by atomic mass is 16.5. The van der Waals surface area contributed by atoms with Crippen molar-refractivity contribution in [2.75, 3.05) is 33.9 Å². The number of rotatable bonds is 4. The molecule has 0 aromatic carbocycles. The molecule has 0 spiro atoms. The van der Waals surface area contributed by atoms with Crippen LogP contribution in [0.3, 0.4) is 0 Å². The number of carbonyl (C=O) groups is 1. The Balaban J connectivity index is 2.32. The van der Waals surface area contributed by atoms with E-state index in [-0.39, 0.29) is 11.9 Å². The molecule has 0 aliphatic carbocycles. The second-order valence-electron chi connectivity index (χ2n) is 4.14. The van der Waals surface area contributed by atoms with E-state index in [9.17, 15) is 4.79 Å². The molecule has 1 unspecified atom stereocenters. The molecule has 0 radical (unpaired) electrons. The average Bonchev–Trinajstić information content (AvgIpc) is 2.28. The van der Waals surface area contributed by atoms with Crippen molar-refractivity contribution >= 4 is 5.97 Å². The third-order valence-corrected chi connectivity index (χ3v) is 3.10. The van der Waals surface area contributed by atoms with Gasteiger partial charge in [-0.1, -0.05) is 0 Å². The highest BCUT2D eigenvalue weighted by Gasteiger charge is 2.27. The van der Waals surface area contributed by atoms with E-state index in [1.165, 1.54) is 7.11 Å². The predicted octanol–water partition coefficient (Wildman–Crippen LogP) is 0.906. The summed E-state index contributed by atoms with van der Waals surface area (Å²) in [6.07, 6.45) is 1.81. The van der Waals surface area contributed by atoms with Crippen LogP contribution in [0.2, 0.25) is 0 Å². The van der Waals surface area contributed by atoms with Crippen LogP contribution in [-0.4, -0.2) is 50.8 Å². The minimum atomic E-state index is -0.0611. The first-order valence-corrected chi connectivity index (χ1v) is 5.49. The molecule has 1 atom stereocenters. The highest BCUT2D eigenvalue weighted by Crippen LogP contribution is 2.19. The molecule has 0 aromatic heterocycles. The number of carbonyl (C=O) groups excluding carboxylic acids is 1. The van der Waals surface area contributed by atoms with Crippen LogP contribution in [0, 0.1) is 5.92 Å². The van der Waals surface area contributed by atoms with Crippen molar-refractivity contribution in [3.05, 3.63) is 0 Å². The molecule has 0 bridgehead atoms. The normalized spacial score (nSPS) is 21.3. The topological polar surface area (TPSA) is 38.8 Å². The van der Waals surface area contributed by atoms with Gasteiger partial charge < -0.3 is 9.47 Å². The zero-order valence-electron chi connectivity index (χ0n) is 9.86. The van der Waals surface area contributed by atoms with E-state index in [1.54, 1.807) is 7.11 Å². The summed E-state index contributed by atoms with van der Waals surface area (Å²) >= 11 is 0. The molecular weight excluding hydrogens is 194 g/mol. The number of piperidine rings is 1. The Hall–Kier alpha value is -0.610. The summed E-state index contributed by atoms with van der Waals surface area (Å²) in [5.74, 6) is 0.0371. The van der Waals surface area contributed by atoms with Crippen molar-refractivity contribution < 1.29 is 14.3 Å². The third kappa shape index (κ3) is 3.47. The molecule has 0 N–H and O–H groups in total. The van der Waals surface area contributed by atoms with Gasteiger partial charge in [0.1, 0.15) is 0 Å². The summed E-state index contributed by atoms with van der Waals surface area (Å²) in [5, 5.41) is 0. The van der Waals surface area contributed by atoms with Gasteiger partial charge in [-0.15, -0.1) is 0 Å². The van der Waals surface area contributed by atoms with Gasteiger partial charge in [0.15, 0.2) is 0 Å². The van der Waals surface area contributed by atoms with E-state index >= 15 is 0 Å².